The molecule has 0 amide bonds. The largest absolute Gasteiger partial charge is 0.496 e. The summed E-state index contributed by atoms with van der Waals surface area (Å²) in [5.41, 5.74) is 5.22. The summed E-state index contributed by atoms with van der Waals surface area (Å²) in [4.78, 5) is 0. The normalized spacial score (nSPS) is 15.5. The van der Waals surface area contributed by atoms with Gasteiger partial charge in [-0.15, -0.1) is 10.2 Å². The maximum Gasteiger partial charge on any atom is 0.212 e. The Morgan fingerprint density at radius 1 is 1.07 bits per heavy atom. The standard InChI is InChI=1S/C23H24N4O2S/c1-14-4-9-20(28-3)18(10-14)22-24-25-23-27(22)26-19(13-30-23)17-8-5-15(2)21(11-17)29-12-16-6-7-16/h4-5,8-11,16H,6-7,12-13H2,1-3H3. The van der Waals surface area contributed by atoms with Gasteiger partial charge in [-0.3, -0.25) is 0 Å². The summed E-state index contributed by atoms with van der Waals surface area (Å²) in [7, 11) is 1.67. The van der Waals surface area contributed by atoms with E-state index in [1.54, 1.807) is 18.9 Å². The van der Waals surface area contributed by atoms with Gasteiger partial charge in [-0.2, -0.15) is 9.78 Å². The van der Waals surface area contributed by atoms with E-state index in [9.17, 15) is 0 Å². The quantitative estimate of drug-likeness (QED) is 0.578. The smallest absolute Gasteiger partial charge is 0.212 e. The monoisotopic (exact) mass is 420 g/mol. The van der Waals surface area contributed by atoms with E-state index in [0.29, 0.717) is 5.82 Å². The third-order valence-electron chi connectivity index (χ3n) is 5.46. The molecule has 30 heavy (non-hydrogen) atoms. The Morgan fingerprint density at radius 2 is 1.93 bits per heavy atom. The van der Waals surface area contributed by atoms with Crippen LogP contribution in [0.4, 0.5) is 0 Å². The SMILES string of the molecule is COc1ccc(C)cc1-c1nnc2n1N=C(c1ccc(C)c(OCC3CC3)c1)CS2. The first-order valence-electron chi connectivity index (χ1n) is 10.2. The third-order valence-corrected chi connectivity index (χ3v) is 6.39. The van der Waals surface area contributed by atoms with Gasteiger partial charge in [0.1, 0.15) is 11.5 Å². The molecule has 0 saturated heterocycles. The van der Waals surface area contributed by atoms with E-state index in [1.165, 1.54) is 12.8 Å². The highest BCUT2D eigenvalue weighted by atomic mass is 32.2. The molecule has 2 aliphatic rings. The van der Waals surface area contributed by atoms with Crippen LogP contribution in [-0.4, -0.2) is 40.1 Å². The number of benzene rings is 2. The number of aromatic nitrogens is 3. The van der Waals surface area contributed by atoms with Crippen LogP contribution in [0.1, 0.15) is 29.5 Å². The second kappa shape index (κ2) is 7.80. The Morgan fingerprint density at radius 3 is 2.73 bits per heavy atom. The van der Waals surface area contributed by atoms with E-state index in [-0.39, 0.29) is 0 Å². The van der Waals surface area contributed by atoms with Crippen LogP contribution in [0.15, 0.2) is 46.7 Å². The summed E-state index contributed by atoms with van der Waals surface area (Å²) in [5.74, 6) is 3.86. The van der Waals surface area contributed by atoms with Crippen molar-refractivity contribution in [3.05, 3.63) is 53.1 Å². The molecule has 0 spiro atoms. The molecule has 3 aromatic rings. The van der Waals surface area contributed by atoms with Crippen molar-refractivity contribution in [1.82, 2.24) is 14.9 Å². The second-order valence-corrected chi connectivity index (χ2v) is 8.83. The van der Waals surface area contributed by atoms with Crippen LogP contribution in [0.5, 0.6) is 11.5 Å². The Bertz CT molecular complexity index is 1130. The van der Waals surface area contributed by atoms with Gasteiger partial charge >= 0.3 is 0 Å². The molecule has 0 N–H and O–H groups in total. The number of fused-ring (bicyclic) bond motifs is 1. The molecule has 1 saturated carbocycles. The number of nitrogens with zero attached hydrogens (tertiary/aromatic N) is 4. The van der Waals surface area contributed by atoms with E-state index in [0.717, 1.165) is 62.9 Å². The molecular weight excluding hydrogens is 396 g/mol. The minimum atomic E-state index is 0.688. The maximum atomic E-state index is 6.07. The first kappa shape index (κ1) is 19.2. The van der Waals surface area contributed by atoms with Crippen LogP contribution in [0.3, 0.4) is 0 Å². The molecule has 1 fully saturated rings. The van der Waals surface area contributed by atoms with Crippen LogP contribution in [0.2, 0.25) is 0 Å². The maximum absolute atomic E-state index is 6.07. The van der Waals surface area contributed by atoms with Gasteiger partial charge in [0.25, 0.3) is 0 Å². The summed E-state index contributed by atoms with van der Waals surface area (Å²) in [5, 5.41) is 14.5. The first-order valence-corrected chi connectivity index (χ1v) is 11.2. The number of methoxy groups -OCH3 is 1. The van der Waals surface area contributed by atoms with E-state index >= 15 is 0 Å². The number of hydrogen-bond acceptors (Lipinski definition) is 6. The summed E-state index contributed by atoms with van der Waals surface area (Å²) in [6.45, 7) is 4.94. The van der Waals surface area contributed by atoms with Crippen LogP contribution in [0, 0.1) is 19.8 Å². The lowest BCUT2D eigenvalue weighted by Crippen LogP contribution is -2.14. The predicted octanol–water partition coefficient (Wildman–Crippen LogP) is 4.72. The summed E-state index contributed by atoms with van der Waals surface area (Å²) < 4.78 is 13.5. The van der Waals surface area contributed by atoms with E-state index in [2.05, 4.69) is 48.3 Å². The molecular formula is C23H24N4O2S. The number of thioether (sulfide) groups is 1. The predicted molar refractivity (Wildman–Crippen MR) is 119 cm³/mol. The molecule has 0 atom stereocenters. The Labute approximate surface area is 180 Å². The van der Waals surface area contributed by atoms with Gasteiger partial charge < -0.3 is 9.47 Å². The van der Waals surface area contributed by atoms with Gasteiger partial charge in [-0.05, 0) is 56.4 Å². The van der Waals surface area contributed by atoms with Crippen LogP contribution in [0.25, 0.3) is 11.4 Å². The summed E-state index contributed by atoms with van der Waals surface area (Å²) >= 11 is 1.64. The molecule has 2 aromatic carbocycles. The zero-order chi connectivity index (χ0) is 20.7. The zero-order valence-electron chi connectivity index (χ0n) is 17.4. The summed E-state index contributed by atoms with van der Waals surface area (Å²) in [6.07, 6.45) is 2.56. The summed E-state index contributed by atoms with van der Waals surface area (Å²) in [6, 6.07) is 12.4. The van der Waals surface area contributed by atoms with Crippen molar-refractivity contribution < 1.29 is 9.47 Å². The van der Waals surface area contributed by atoms with Gasteiger partial charge in [0.15, 0.2) is 5.82 Å². The van der Waals surface area contributed by atoms with E-state index < -0.39 is 0 Å². The zero-order valence-corrected chi connectivity index (χ0v) is 18.2. The van der Waals surface area contributed by atoms with Gasteiger partial charge in [0, 0.05) is 11.3 Å². The van der Waals surface area contributed by atoms with Crippen molar-refractivity contribution in [2.24, 2.45) is 11.0 Å². The average molecular weight is 421 g/mol. The first-order chi connectivity index (χ1) is 14.6. The van der Waals surface area contributed by atoms with Crippen molar-refractivity contribution >= 4 is 17.5 Å². The van der Waals surface area contributed by atoms with Crippen molar-refractivity contribution in [2.75, 3.05) is 19.5 Å². The fraction of sp³-hybridized carbons (Fsp3) is 0.348. The van der Waals surface area contributed by atoms with Gasteiger partial charge in [0.05, 0.1) is 25.0 Å². The number of aryl methyl sites for hydroxylation is 2. The highest BCUT2D eigenvalue weighted by Gasteiger charge is 2.24. The minimum absolute atomic E-state index is 0.688. The lowest BCUT2D eigenvalue weighted by atomic mass is 10.1. The number of hydrogen-bond donors (Lipinski definition) is 0. The van der Waals surface area contributed by atoms with Crippen LogP contribution >= 0.6 is 11.8 Å². The van der Waals surface area contributed by atoms with Gasteiger partial charge in [-0.25, -0.2) is 0 Å². The molecule has 2 heterocycles. The topological polar surface area (TPSA) is 61.5 Å². The Hall–Kier alpha value is -2.80. The lowest BCUT2D eigenvalue weighted by molar-refractivity contribution is 0.298. The highest BCUT2D eigenvalue weighted by Crippen LogP contribution is 2.35. The number of ether oxygens (including phenoxy) is 2. The van der Waals surface area contributed by atoms with Crippen LogP contribution in [-0.2, 0) is 0 Å². The fourth-order valence-corrected chi connectivity index (χ4v) is 4.30. The van der Waals surface area contributed by atoms with Crippen LogP contribution < -0.4 is 9.47 Å². The van der Waals surface area contributed by atoms with Crippen molar-refractivity contribution in [3.63, 3.8) is 0 Å². The minimum Gasteiger partial charge on any atom is -0.496 e. The Balaban J connectivity index is 1.51. The highest BCUT2D eigenvalue weighted by molar-refractivity contribution is 7.99. The van der Waals surface area contributed by atoms with Gasteiger partial charge in [-0.1, -0.05) is 35.5 Å². The molecule has 6 nitrogen and oxygen atoms in total. The molecule has 1 aromatic heterocycles. The molecule has 1 aliphatic heterocycles. The Kier molecular flexibility index (Phi) is 4.98. The van der Waals surface area contributed by atoms with Crippen molar-refractivity contribution in [3.8, 4) is 22.9 Å². The van der Waals surface area contributed by atoms with Gasteiger partial charge in [0.2, 0.25) is 5.16 Å². The fourth-order valence-electron chi connectivity index (χ4n) is 3.46. The third kappa shape index (κ3) is 3.69. The molecule has 5 rings (SSSR count). The van der Waals surface area contributed by atoms with Crippen molar-refractivity contribution in [1.29, 1.82) is 0 Å². The average Bonchev–Trinajstić information content (AvgIpc) is 3.50. The molecule has 0 bridgehead atoms. The molecule has 7 heteroatoms. The lowest BCUT2D eigenvalue weighted by Gasteiger charge is -2.16. The van der Waals surface area contributed by atoms with Crippen molar-refractivity contribution in [2.45, 2.75) is 31.8 Å². The number of rotatable bonds is 6. The molecule has 0 unspecified atom stereocenters. The van der Waals surface area contributed by atoms with E-state index in [1.807, 2.05) is 16.8 Å². The molecule has 1 aliphatic carbocycles. The second-order valence-electron chi connectivity index (χ2n) is 7.89. The van der Waals surface area contributed by atoms with E-state index in [4.69, 9.17) is 14.6 Å². The molecule has 0 radical (unpaired) electrons. The molecule has 154 valence electrons.